The molecule has 0 radical (unpaired) electrons. The number of methoxy groups -OCH3 is 1. The molecule has 1 fully saturated rings. The van der Waals surface area contributed by atoms with Crippen molar-refractivity contribution in [2.24, 2.45) is 0 Å². The predicted octanol–water partition coefficient (Wildman–Crippen LogP) is 3.05. The number of amides is 1. The van der Waals surface area contributed by atoms with Gasteiger partial charge in [-0.1, -0.05) is 18.2 Å². The van der Waals surface area contributed by atoms with Crippen LogP contribution in [0.1, 0.15) is 34.3 Å². The smallest absolute Gasteiger partial charge is 0.251 e. The molecule has 5 heteroatoms. The fraction of sp³-hybridized carbons (Fsp3) is 0.333. The van der Waals surface area contributed by atoms with Gasteiger partial charge >= 0.3 is 0 Å². The molecule has 1 saturated heterocycles. The highest BCUT2D eigenvalue weighted by Gasteiger charge is 2.35. The normalized spacial score (nSPS) is 15.7. The number of hydrogen-bond acceptors (Lipinski definition) is 4. The molecule has 0 unspecified atom stereocenters. The number of ether oxygens (including phenoxy) is 2. The number of carbonyl (C=O) groups is 1. The number of carbonyl (C=O) groups excluding carboxylic acids is 1. The molecule has 1 N–H and O–H groups in total. The first-order valence-corrected chi connectivity index (χ1v) is 8.67. The summed E-state index contributed by atoms with van der Waals surface area (Å²) in [4.78, 5) is 12.6. The third-order valence-corrected chi connectivity index (χ3v) is 4.99. The highest BCUT2D eigenvalue weighted by molar-refractivity contribution is 5.94. The Hall–Kier alpha value is -2.84. The molecule has 0 aromatic heterocycles. The monoisotopic (exact) mass is 350 g/mol. The molecule has 2 aromatic carbocycles. The summed E-state index contributed by atoms with van der Waals surface area (Å²) in [5, 5.41) is 12.1. The Labute approximate surface area is 153 Å². The van der Waals surface area contributed by atoms with Gasteiger partial charge in [-0.05, 0) is 48.7 Å². The van der Waals surface area contributed by atoms with Crippen molar-refractivity contribution in [1.82, 2.24) is 5.32 Å². The van der Waals surface area contributed by atoms with Crippen LogP contribution < -0.4 is 10.1 Å². The summed E-state index contributed by atoms with van der Waals surface area (Å²) >= 11 is 0. The summed E-state index contributed by atoms with van der Waals surface area (Å²) in [7, 11) is 1.65. The SMILES string of the molecule is COc1ccc(C2(CNC(=O)c3cccc(C#N)c3)CCOCC2)cc1. The molecule has 5 nitrogen and oxygen atoms in total. The van der Waals surface area contributed by atoms with Crippen LogP contribution in [0.4, 0.5) is 0 Å². The van der Waals surface area contributed by atoms with Crippen molar-refractivity contribution in [3.8, 4) is 11.8 Å². The third kappa shape index (κ3) is 3.87. The summed E-state index contributed by atoms with van der Waals surface area (Å²) in [6.07, 6.45) is 1.69. The van der Waals surface area contributed by atoms with E-state index in [-0.39, 0.29) is 11.3 Å². The fourth-order valence-corrected chi connectivity index (χ4v) is 3.36. The van der Waals surface area contributed by atoms with Crippen molar-refractivity contribution in [2.75, 3.05) is 26.9 Å². The van der Waals surface area contributed by atoms with Crippen molar-refractivity contribution in [3.05, 3.63) is 65.2 Å². The summed E-state index contributed by atoms with van der Waals surface area (Å²) in [6, 6.07) is 16.8. The Morgan fingerprint density at radius 1 is 1.23 bits per heavy atom. The molecule has 0 saturated carbocycles. The second kappa shape index (κ2) is 8.03. The van der Waals surface area contributed by atoms with Crippen LogP contribution in [0.25, 0.3) is 0 Å². The van der Waals surface area contributed by atoms with Gasteiger partial charge in [-0.25, -0.2) is 0 Å². The van der Waals surface area contributed by atoms with Crippen LogP contribution >= 0.6 is 0 Å². The molecular weight excluding hydrogens is 328 g/mol. The number of nitriles is 1. The van der Waals surface area contributed by atoms with Gasteiger partial charge in [-0.15, -0.1) is 0 Å². The summed E-state index contributed by atoms with van der Waals surface area (Å²) < 4.78 is 10.8. The number of nitrogens with one attached hydrogen (secondary N) is 1. The van der Waals surface area contributed by atoms with E-state index >= 15 is 0 Å². The van der Waals surface area contributed by atoms with Gasteiger partial charge in [0.15, 0.2) is 0 Å². The van der Waals surface area contributed by atoms with Crippen molar-refractivity contribution >= 4 is 5.91 Å². The van der Waals surface area contributed by atoms with Gasteiger partial charge in [-0.3, -0.25) is 4.79 Å². The third-order valence-electron chi connectivity index (χ3n) is 4.99. The zero-order chi connectivity index (χ0) is 18.4. The van der Waals surface area contributed by atoms with Crippen molar-refractivity contribution in [3.63, 3.8) is 0 Å². The molecule has 134 valence electrons. The number of nitrogens with zero attached hydrogens (tertiary/aromatic N) is 1. The maximum absolute atomic E-state index is 12.6. The van der Waals surface area contributed by atoms with Gasteiger partial charge in [0.25, 0.3) is 5.91 Å². The largest absolute Gasteiger partial charge is 0.497 e. The average Bonchev–Trinajstić information content (AvgIpc) is 2.72. The Morgan fingerprint density at radius 2 is 1.96 bits per heavy atom. The molecule has 1 heterocycles. The van der Waals surface area contributed by atoms with E-state index < -0.39 is 0 Å². The highest BCUT2D eigenvalue weighted by atomic mass is 16.5. The van der Waals surface area contributed by atoms with Crippen molar-refractivity contribution in [2.45, 2.75) is 18.3 Å². The summed E-state index contributed by atoms with van der Waals surface area (Å²) in [5.74, 6) is 0.648. The molecule has 0 atom stereocenters. The first-order valence-electron chi connectivity index (χ1n) is 8.67. The number of benzene rings is 2. The molecule has 1 aliphatic rings. The summed E-state index contributed by atoms with van der Waals surface area (Å²) in [5.41, 5.74) is 2.00. The van der Waals surface area contributed by atoms with Crippen LogP contribution in [0.2, 0.25) is 0 Å². The van der Waals surface area contributed by atoms with Gasteiger partial charge in [-0.2, -0.15) is 5.26 Å². The minimum atomic E-state index is -0.165. The van der Waals surface area contributed by atoms with Gasteiger partial charge in [0.1, 0.15) is 5.75 Å². The molecular formula is C21H22N2O3. The van der Waals surface area contributed by atoms with E-state index in [9.17, 15) is 4.79 Å². The molecule has 0 bridgehead atoms. The Bertz CT molecular complexity index is 803. The lowest BCUT2D eigenvalue weighted by atomic mass is 9.74. The molecule has 1 amide bonds. The minimum absolute atomic E-state index is 0.160. The molecule has 2 aromatic rings. The first-order chi connectivity index (χ1) is 12.7. The standard InChI is InChI=1S/C21H22N2O3/c1-25-19-7-5-18(6-8-19)21(9-11-26-12-10-21)15-23-20(24)17-4-2-3-16(13-17)14-22/h2-8,13H,9-12,15H2,1H3,(H,23,24). The van der Waals surface area contributed by atoms with Gasteiger partial charge in [0.2, 0.25) is 0 Å². The maximum atomic E-state index is 12.6. The van der Waals surface area contributed by atoms with E-state index in [0.717, 1.165) is 18.6 Å². The fourth-order valence-electron chi connectivity index (χ4n) is 3.36. The van der Waals surface area contributed by atoms with E-state index in [0.29, 0.717) is 30.9 Å². The van der Waals surface area contributed by atoms with E-state index in [1.165, 1.54) is 5.56 Å². The van der Waals surface area contributed by atoms with E-state index in [2.05, 4.69) is 23.5 Å². The van der Waals surface area contributed by atoms with E-state index in [4.69, 9.17) is 14.7 Å². The van der Waals surface area contributed by atoms with Crippen LogP contribution in [0.15, 0.2) is 48.5 Å². The average molecular weight is 350 g/mol. The zero-order valence-electron chi connectivity index (χ0n) is 14.8. The molecule has 26 heavy (non-hydrogen) atoms. The highest BCUT2D eigenvalue weighted by Crippen LogP contribution is 2.35. The Balaban J connectivity index is 1.78. The Kier molecular flexibility index (Phi) is 5.55. The van der Waals surface area contributed by atoms with Crippen LogP contribution in [-0.2, 0) is 10.2 Å². The van der Waals surface area contributed by atoms with Gasteiger partial charge in [0, 0.05) is 30.7 Å². The second-order valence-electron chi connectivity index (χ2n) is 6.50. The lowest BCUT2D eigenvalue weighted by Gasteiger charge is -2.38. The molecule has 0 aliphatic carbocycles. The lowest BCUT2D eigenvalue weighted by molar-refractivity contribution is 0.0487. The van der Waals surface area contributed by atoms with Gasteiger partial charge in [0.05, 0.1) is 18.7 Å². The van der Waals surface area contributed by atoms with Crippen LogP contribution in [-0.4, -0.2) is 32.8 Å². The quantitative estimate of drug-likeness (QED) is 0.900. The minimum Gasteiger partial charge on any atom is -0.497 e. The lowest BCUT2D eigenvalue weighted by Crippen LogP contribution is -2.44. The van der Waals surface area contributed by atoms with Crippen LogP contribution in [0, 0.1) is 11.3 Å². The second-order valence-corrected chi connectivity index (χ2v) is 6.50. The molecule has 3 rings (SSSR count). The number of rotatable bonds is 5. The van der Waals surface area contributed by atoms with Crippen LogP contribution in [0.5, 0.6) is 5.75 Å². The molecule has 1 aliphatic heterocycles. The maximum Gasteiger partial charge on any atom is 0.251 e. The topological polar surface area (TPSA) is 71.3 Å². The van der Waals surface area contributed by atoms with Crippen LogP contribution in [0.3, 0.4) is 0 Å². The summed E-state index contributed by atoms with van der Waals surface area (Å²) in [6.45, 7) is 1.87. The first kappa shape index (κ1) is 18.0. The van der Waals surface area contributed by atoms with Crippen molar-refractivity contribution < 1.29 is 14.3 Å². The van der Waals surface area contributed by atoms with E-state index in [1.807, 2.05) is 12.1 Å². The Morgan fingerprint density at radius 3 is 2.62 bits per heavy atom. The zero-order valence-corrected chi connectivity index (χ0v) is 14.8. The molecule has 0 spiro atoms. The van der Waals surface area contributed by atoms with Gasteiger partial charge < -0.3 is 14.8 Å². The van der Waals surface area contributed by atoms with Crippen molar-refractivity contribution in [1.29, 1.82) is 5.26 Å². The number of hydrogen-bond donors (Lipinski definition) is 1. The predicted molar refractivity (Wildman–Crippen MR) is 98.2 cm³/mol. The van der Waals surface area contributed by atoms with E-state index in [1.54, 1.807) is 31.4 Å².